The van der Waals surface area contributed by atoms with Gasteiger partial charge in [-0.1, -0.05) is 23.8 Å². The molecule has 0 saturated heterocycles. The molecule has 0 amide bonds. The Labute approximate surface area is 127 Å². The van der Waals surface area contributed by atoms with E-state index in [9.17, 15) is 0 Å². The number of benzene rings is 1. The summed E-state index contributed by atoms with van der Waals surface area (Å²) in [6.07, 6.45) is 6.95. The second kappa shape index (κ2) is 6.02. The highest BCUT2D eigenvalue weighted by Gasteiger charge is 2.19. The lowest BCUT2D eigenvalue weighted by atomic mass is 9.98. The van der Waals surface area contributed by atoms with Crippen molar-refractivity contribution in [3.8, 4) is 0 Å². The molecule has 112 valence electrons. The number of aromatic nitrogens is 2. The number of nitrogens with one attached hydrogen (secondary N) is 1. The lowest BCUT2D eigenvalue weighted by Gasteiger charge is -2.22. The zero-order valence-electron chi connectivity index (χ0n) is 13.3. The van der Waals surface area contributed by atoms with Gasteiger partial charge in [0.25, 0.3) is 0 Å². The summed E-state index contributed by atoms with van der Waals surface area (Å²) in [7, 11) is 2.05. The van der Waals surface area contributed by atoms with E-state index in [0.717, 1.165) is 13.0 Å². The molecule has 3 heteroatoms. The van der Waals surface area contributed by atoms with Crippen LogP contribution in [0.15, 0.2) is 24.5 Å². The van der Waals surface area contributed by atoms with Crippen LogP contribution in [0.5, 0.6) is 0 Å². The third kappa shape index (κ3) is 2.88. The maximum absolute atomic E-state index is 4.61. The van der Waals surface area contributed by atoms with Crippen molar-refractivity contribution in [3.05, 3.63) is 52.6 Å². The third-order valence-corrected chi connectivity index (χ3v) is 4.65. The maximum atomic E-state index is 4.61. The van der Waals surface area contributed by atoms with Crippen LogP contribution in [0.3, 0.4) is 0 Å². The van der Waals surface area contributed by atoms with Crippen molar-refractivity contribution in [1.82, 2.24) is 14.9 Å². The van der Waals surface area contributed by atoms with Crippen molar-refractivity contribution in [2.75, 3.05) is 7.05 Å². The average Bonchev–Trinajstić information content (AvgIpc) is 2.91. The number of imidazole rings is 1. The molecule has 0 saturated carbocycles. The topological polar surface area (TPSA) is 29.9 Å². The summed E-state index contributed by atoms with van der Waals surface area (Å²) in [5, 5.41) is 3.48. The first-order chi connectivity index (χ1) is 10.2. The Morgan fingerprint density at radius 1 is 1.24 bits per heavy atom. The molecule has 21 heavy (non-hydrogen) atoms. The van der Waals surface area contributed by atoms with Gasteiger partial charge in [-0.25, -0.2) is 4.98 Å². The first-order valence-corrected chi connectivity index (χ1v) is 7.96. The van der Waals surface area contributed by atoms with Crippen LogP contribution in [0.25, 0.3) is 0 Å². The Balaban J connectivity index is 1.88. The first kappa shape index (κ1) is 14.3. The summed E-state index contributed by atoms with van der Waals surface area (Å²) >= 11 is 0. The highest BCUT2D eigenvalue weighted by Crippen LogP contribution is 2.24. The molecule has 1 atom stereocenters. The second-order valence-corrected chi connectivity index (χ2v) is 6.20. The van der Waals surface area contributed by atoms with Crippen LogP contribution in [0, 0.1) is 13.8 Å². The largest absolute Gasteiger partial charge is 0.332 e. The van der Waals surface area contributed by atoms with E-state index in [0.29, 0.717) is 6.04 Å². The van der Waals surface area contributed by atoms with Gasteiger partial charge in [-0.05, 0) is 57.7 Å². The minimum Gasteiger partial charge on any atom is -0.332 e. The zero-order chi connectivity index (χ0) is 14.8. The highest BCUT2D eigenvalue weighted by atomic mass is 15.1. The van der Waals surface area contributed by atoms with Gasteiger partial charge in [-0.2, -0.15) is 0 Å². The molecule has 1 unspecified atom stereocenters. The Morgan fingerprint density at radius 2 is 2.05 bits per heavy atom. The summed E-state index contributed by atoms with van der Waals surface area (Å²) in [5.74, 6) is 0. The van der Waals surface area contributed by atoms with Crippen molar-refractivity contribution >= 4 is 0 Å². The lowest BCUT2D eigenvalue weighted by molar-refractivity contribution is 0.481. The minimum atomic E-state index is 0.338. The van der Waals surface area contributed by atoms with Gasteiger partial charge < -0.3 is 9.88 Å². The number of hydrogen-bond acceptors (Lipinski definition) is 2. The first-order valence-electron chi connectivity index (χ1n) is 7.96. The van der Waals surface area contributed by atoms with Crippen molar-refractivity contribution in [2.45, 2.75) is 52.1 Å². The van der Waals surface area contributed by atoms with Crippen LogP contribution in [-0.2, 0) is 19.4 Å². The van der Waals surface area contributed by atoms with Crippen LogP contribution in [-0.4, -0.2) is 16.6 Å². The number of likely N-dealkylation sites (N-methyl/N-ethyl adjacent to an activating group) is 1. The minimum absolute atomic E-state index is 0.338. The van der Waals surface area contributed by atoms with E-state index in [1.54, 1.807) is 0 Å². The Bertz CT molecular complexity index is 627. The summed E-state index contributed by atoms with van der Waals surface area (Å²) in [6.45, 7) is 5.32. The normalized spacial score (nSPS) is 15.8. The summed E-state index contributed by atoms with van der Waals surface area (Å²) in [5.41, 5.74) is 6.84. The molecular formula is C18H25N3. The standard InChI is InChI=1S/C18H25N3/c1-13-8-9-14(2)15(10-13)17(19-3)11-21-12-20-16-6-4-5-7-18(16)21/h8-10,12,17,19H,4-7,11H2,1-3H3. The second-order valence-electron chi connectivity index (χ2n) is 6.20. The predicted octanol–water partition coefficient (Wildman–Crippen LogP) is 3.34. The maximum Gasteiger partial charge on any atom is 0.0952 e. The van der Waals surface area contributed by atoms with Crippen molar-refractivity contribution in [3.63, 3.8) is 0 Å². The highest BCUT2D eigenvalue weighted by molar-refractivity contribution is 5.33. The molecular weight excluding hydrogens is 258 g/mol. The Morgan fingerprint density at radius 3 is 2.86 bits per heavy atom. The lowest BCUT2D eigenvalue weighted by Crippen LogP contribution is -2.24. The Kier molecular flexibility index (Phi) is 4.11. The van der Waals surface area contributed by atoms with Crippen LogP contribution < -0.4 is 5.32 Å². The fraction of sp³-hybridized carbons (Fsp3) is 0.500. The van der Waals surface area contributed by atoms with Crippen molar-refractivity contribution < 1.29 is 0 Å². The molecule has 0 spiro atoms. The van der Waals surface area contributed by atoms with Gasteiger partial charge in [0, 0.05) is 12.2 Å². The van der Waals surface area contributed by atoms with Gasteiger partial charge in [-0.3, -0.25) is 0 Å². The molecule has 3 nitrogen and oxygen atoms in total. The number of hydrogen-bond donors (Lipinski definition) is 1. The molecule has 0 fully saturated rings. The summed E-state index contributed by atoms with van der Waals surface area (Å²) in [6, 6.07) is 7.05. The van der Waals surface area contributed by atoms with Crippen LogP contribution in [0.4, 0.5) is 0 Å². The predicted molar refractivity (Wildman–Crippen MR) is 86.6 cm³/mol. The van der Waals surface area contributed by atoms with Gasteiger partial charge in [0.2, 0.25) is 0 Å². The zero-order valence-corrected chi connectivity index (χ0v) is 13.3. The molecule has 1 aromatic carbocycles. The van der Waals surface area contributed by atoms with Gasteiger partial charge in [0.15, 0.2) is 0 Å². The molecule has 1 heterocycles. The van der Waals surface area contributed by atoms with Gasteiger partial charge in [0.05, 0.1) is 18.1 Å². The van der Waals surface area contributed by atoms with Gasteiger partial charge >= 0.3 is 0 Å². The fourth-order valence-electron chi connectivity index (χ4n) is 3.37. The van der Waals surface area contributed by atoms with E-state index in [1.807, 2.05) is 6.33 Å². The van der Waals surface area contributed by atoms with E-state index in [1.165, 1.54) is 47.3 Å². The van der Waals surface area contributed by atoms with Crippen LogP contribution in [0.1, 0.15) is 47.0 Å². The summed E-state index contributed by atoms with van der Waals surface area (Å²) in [4.78, 5) is 4.61. The van der Waals surface area contributed by atoms with E-state index in [2.05, 4.69) is 54.0 Å². The molecule has 1 N–H and O–H groups in total. The molecule has 1 aliphatic carbocycles. The van der Waals surface area contributed by atoms with Crippen LogP contribution in [0.2, 0.25) is 0 Å². The van der Waals surface area contributed by atoms with E-state index < -0.39 is 0 Å². The SMILES string of the molecule is CNC(Cn1cnc2c1CCCC2)c1cc(C)ccc1C. The summed E-state index contributed by atoms with van der Waals surface area (Å²) < 4.78 is 2.36. The average molecular weight is 283 g/mol. The molecule has 0 aliphatic heterocycles. The van der Waals surface area contributed by atoms with E-state index in [-0.39, 0.29) is 0 Å². The quantitative estimate of drug-likeness (QED) is 0.932. The fourth-order valence-corrected chi connectivity index (χ4v) is 3.37. The monoisotopic (exact) mass is 283 g/mol. The van der Waals surface area contributed by atoms with Gasteiger partial charge in [-0.15, -0.1) is 0 Å². The molecule has 0 bridgehead atoms. The Hall–Kier alpha value is -1.61. The number of aryl methyl sites for hydroxylation is 3. The van der Waals surface area contributed by atoms with E-state index >= 15 is 0 Å². The molecule has 1 aliphatic rings. The van der Waals surface area contributed by atoms with Gasteiger partial charge in [0.1, 0.15) is 0 Å². The number of nitrogens with zero attached hydrogens (tertiary/aromatic N) is 2. The van der Waals surface area contributed by atoms with Crippen molar-refractivity contribution in [1.29, 1.82) is 0 Å². The molecule has 2 aromatic rings. The molecule has 0 radical (unpaired) electrons. The van der Waals surface area contributed by atoms with Crippen LogP contribution >= 0.6 is 0 Å². The molecule has 1 aromatic heterocycles. The number of rotatable bonds is 4. The third-order valence-electron chi connectivity index (χ3n) is 4.65. The van der Waals surface area contributed by atoms with E-state index in [4.69, 9.17) is 0 Å². The number of fused-ring (bicyclic) bond motifs is 1. The smallest absolute Gasteiger partial charge is 0.0952 e. The van der Waals surface area contributed by atoms with Crippen molar-refractivity contribution in [2.24, 2.45) is 0 Å². The molecule has 3 rings (SSSR count).